The van der Waals surface area contributed by atoms with Crippen molar-refractivity contribution in [3.63, 3.8) is 0 Å². The third-order valence-electron chi connectivity index (χ3n) is 0.932. The van der Waals surface area contributed by atoms with E-state index in [4.69, 9.17) is 6.42 Å². The molecule has 0 saturated heterocycles. The number of esters is 2. The molecule has 1 atom stereocenters. The van der Waals surface area contributed by atoms with Crippen molar-refractivity contribution in [2.24, 2.45) is 0 Å². The fourth-order valence-corrected chi connectivity index (χ4v) is 0.510. The van der Waals surface area contributed by atoms with E-state index in [0.29, 0.717) is 0 Å². The molecule has 0 saturated carbocycles. The molecule has 12 heavy (non-hydrogen) atoms. The predicted molar refractivity (Wildman–Crippen MR) is 41.0 cm³/mol. The summed E-state index contributed by atoms with van der Waals surface area (Å²) < 4.78 is 9.13. The Hall–Kier alpha value is -1.50. The minimum atomic E-state index is -0.786. The highest BCUT2D eigenvalue weighted by Crippen LogP contribution is 1.92. The lowest BCUT2D eigenvalue weighted by molar-refractivity contribution is -0.152. The SMILES string of the molecule is C#C[C@@H](COC(C)=O)OC(C)=O. The highest BCUT2D eigenvalue weighted by molar-refractivity contribution is 5.67. The lowest BCUT2D eigenvalue weighted by Crippen LogP contribution is -2.21. The fourth-order valence-electron chi connectivity index (χ4n) is 0.510. The van der Waals surface area contributed by atoms with E-state index in [1.807, 2.05) is 0 Å². The van der Waals surface area contributed by atoms with Crippen LogP contribution in [0, 0.1) is 12.3 Å². The highest BCUT2D eigenvalue weighted by atomic mass is 16.6. The van der Waals surface area contributed by atoms with Gasteiger partial charge >= 0.3 is 11.9 Å². The van der Waals surface area contributed by atoms with Gasteiger partial charge in [0.2, 0.25) is 0 Å². The van der Waals surface area contributed by atoms with E-state index in [2.05, 4.69) is 15.4 Å². The maximum Gasteiger partial charge on any atom is 0.303 e. The number of hydrogen-bond donors (Lipinski definition) is 0. The Kier molecular flexibility index (Phi) is 4.54. The van der Waals surface area contributed by atoms with Gasteiger partial charge in [0, 0.05) is 13.8 Å². The fraction of sp³-hybridized carbons (Fsp3) is 0.500. The molecule has 0 heterocycles. The number of carbonyl (C=O) groups is 2. The van der Waals surface area contributed by atoms with Gasteiger partial charge in [0.25, 0.3) is 0 Å². The summed E-state index contributed by atoms with van der Waals surface area (Å²) in [7, 11) is 0. The van der Waals surface area contributed by atoms with E-state index in [-0.39, 0.29) is 6.61 Å². The quantitative estimate of drug-likeness (QED) is 0.445. The number of ether oxygens (including phenoxy) is 2. The van der Waals surface area contributed by atoms with Crippen molar-refractivity contribution in [3.05, 3.63) is 0 Å². The molecule has 0 spiro atoms. The Morgan fingerprint density at radius 3 is 2.33 bits per heavy atom. The minimum absolute atomic E-state index is 0.0919. The number of hydrogen-bond acceptors (Lipinski definition) is 4. The van der Waals surface area contributed by atoms with Crippen LogP contribution in [0.4, 0.5) is 0 Å². The molecule has 0 N–H and O–H groups in total. The largest absolute Gasteiger partial charge is 0.461 e. The van der Waals surface area contributed by atoms with E-state index in [9.17, 15) is 9.59 Å². The molecule has 0 aromatic rings. The third kappa shape index (κ3) is 5.30. The van der Waals surface area contributed by atoms with Gasteiger partial charge in [-0.15, -0.1) is 6.42 Å². The molecule has 0 unspecified atom stereocenters. The third-order valence-corrected chi connectivity index (χ3v) is 0.932. The smallest absolute Gasteiger partial charge is 0.303 e. The maximum atomic E-state index is 10.4. The molecule has 0 amide bonds. The molecule has 4 heteroatoms. The minimum Gasteiger partial charge on any atom is -0.461 e. The van der Waals surface area contributed by atoms with E-state index >= 15 is 0 Å². The molecule has 0 radical (unpaired) electrons. The van der Waals surface area contributed by atoms with Gasteiger partial charge in [-0.2, -0.15) is 0 Å². The second-order valence-electron chi connectivity index (χ2n) is 2.07. The molecular formula is C8H10O4. The van der Waals surface area contributed by atoms with Crippen LogP contribution in [-0.4, -0.2) is 24.6 Å². The summed E-state index contributed by atoms with van der Waals surface area (Å²) >= 11 is 0. The lowest BCUT2D eigenvalue weighted by Gasteiger charge is -2.09. The average molecular weight is 170 g/mol. The van der Waals surface area contributed by atoms with E-state index in [1.165, 1.54) is 13.8 Å². The van der Waals surface area contributed by atoms with Crippen molar-refractivity contribution in [3.8, 4) is 12.3 Å². The molecule has 0 aliphatic heterocycles. The summed E-state index contributed by atoms with van der Waals surface area (Å²) in [6, 6.07) is 0. The molecule has 0 bridgehead atoms. The van der Waals surface area contributed by atoms with Crippen LogP contribution >= 0.6 is 0 Å². The molecule has 0 rings (SSSR count). The summed E-state index contributed by atoms with van der Waals surface area (Å²) in [6.07, 6.45) is 4.20. The Morgan fingerprint density at radius 2 is 2.00 bits per heavy atom. The van der Waals surface area contributed by atoms with Gasteiger partial charge in [-0.3, -0.25) is 9.59 Å². The molecule has 4 nitrogen and oxygen atoms in total. The van der Waals surface area contributed by atoms with Crippen LogP contribution in [0.25, 0.3) is 0 Å². The Morgan fingerprint density at radius 1 is 1.42 bits per heavy atom. The number of carbonyl (C=O) groups excluding carboxylic acids is 2. The van der Waals surface area contributed by atoms with Gasteiger partial charge in [-0.25, -0.2) is 0 Å². The van der Waals surface area contributed by atoms with Crippen LogP contribution in [0.5, 0.6) is 0 Å². The normalized spacial score (nSPS) is 11.1. The standard InChI is InChI=1S/C8H10O4/c1-4-8(12-7(3)10)5-11-6(2)9/h1,8H,5H2,2-3H3/t8-/m0/s1. The van der Waals surface area contributed by atoms with Gasteiger partial charge in [0.15, 0.2) is 6.10 Å². The van der Waals surface area contributed by atoms with E-state index in [0.717, 1.165) is 0 Å². The Balaban J connectivity index is 3.78. The molecule has 66 valence electrons. The average Bonchev–Trinajstić information content (AvgIpc) is 1.97. The van der Waals surface area contributed by atoms with Gasteiger partial charge < -0.3 is 9.47 Å². The first kappa shape index (κ1) is 10.5. The first-order chi connectivity index (χ1) is 5.56. The van der Waals surface area contributed by atoms with Crippen molar-refractivity contribution in [2.75, 3.05) is 6.61 Å². The summed E-state index contributed by atoms with van der Waals surface area (Å²) in [5.74, 6) is 1.22. The second-order valence-corrected chi connectivity index (χ2v) is 2.07. The van der Waals surface area contributed by atoms with Gasteiger partial charge in [0.05, 0.1) is 0 Å². The highest BCUT2D eigenvalue weighted by Gasteiger charge is 2.09. The summed E-state index contributed by atoms with van der Waals surface area (Å²) in [4.78, 5) is 20.7. The van der Waals surface area contributed by atoms with E-state index < -0.39 is 18.0 Å². The molecule has 0 aromatic heterocycles. The zero-order valence-corrected chi connectivity index (χ0v) is 6.99. The summed E-state index contributed by atoms with van der Waals surface area (Å²) in [5.41, 5.74) is 0. The predicted octanol–water partition coefficient (Wildman–Crippen LogP) is 0.114. The second kappa shape index (κ2) is 5.19. The van der Waals surface area contributed by atoms with Crippen LogP contribution in [-0.2, 0) is 19.1 Å². The molecule has 0 fully saturated rings. The van der Waals surface area contributed by atoms with E-state index in [1.54, 1.807) is 0 Å². The molecule has 0 aromatic carbocycles. The first-order valence-electron chi connectivity index (χ1n) is 3.33. The molecule has 0 aliphatic rings. The van der Waals surface area contributed by atoms with Crippen molar-refractivity contribution >= 4 is 11.9 Å². The van der Waals surface area contributed by atoms with Crippen molar-refractivity contribution in [1.29, 1.82) is 0 Å². The van der Waals surface area contributed by atoms with Crippen molar-refractivity contribution < 1.29 is 19.1 Å². The van der Waals surface area contributed by atoms with Gasteiger partial charge in [0.1, 0.15) is 6.61 Å². The number of rotatable bonds is 3. The van der Waals surface area contributed by atoms with Crippen LogP contribution in [0.1, 0.15) is 13.8 Å². The van der Waals surface area contributed by atoms with Gasteiger partial charge in [-0.1, -0.05) is 5.92 Å². The van der Waals surface area contributed by atoms with Crippen molar-refractivity contribution in [1.82, 2.24) is 0 Å². The Bertz CT molecular complexity index is 214. The summed E-state index contributed by atoms with van der Waals surface area (Å²) in [5, 5.41) is 0. The topological polar surface area (TPSA) is 52.6 Å². The van der Waals surface area contributed by atoms with Crippen LogP contribution in [0.2, 0.25) is 0 Å². The first-order valence-corrected chi connectivity index (χ1v) is 3.33. The molecule has 0 aliphatic carbocycles. The number of terminal acetylenes is 1. The molecular weight excluding hydrogens is 160 g/mol. The monoisotopic (exact) mass is 170 g/mol. The van der Waals surface area contributed by atoms with Crippen LogP contribution in [0.3, 0.4) is 0 Å². The zero-order chi connectivity index (χ0) is 9.56. The van der Waals surface area contributed by atoms with Crippen LogP contribution < -0.4 is 0 Å². The Labute approximate surface area is 70.8 Å². The van der Waals surface area contributed by atoms with Crippen molar-refractivity contribution in [2.45, 2.75) is 20.0 Å². The zero-order valence-electron chi connectivity index (χ0n) is 6.99. The maximum absolute atomic E-state index is 10.4. The van der Waals surface area contributed by atoms with Crippen LogP contribution in [0.15, 0.2) is 0 Å². The van der Waals surface area contributed by atoms with Gasteiger partial charge in [-0.05, 0) is 0 Å². The lowest BCUT2D eigenvalue weighted by atomic mass is 10.4. The summed E-state index contributed by atoms with van der Waals surface area (Å²) in [6.45, 7) is 2.39.